The fourth-order valence-electron chi connectivity index (χ4n) is 2.72. The summed E-state index contributed by atoms with van der Waals surface area (Å²) in [6.07, 6.45) is 1.46. The first-order valence-corrected chi connectivity index (χ1v) is 9.51. The van der Waals surface area contributed by atoms with Crippen molar-refractivity contribution in [3.63, 3.8) is 0 Å². The molecule has 0 spiro atoms. The van der Waals surface area contributed by atoms with Crippen LogP contribution in [0.25, 0.3) is 5.69 Å². The lowest BCUT2D eigenvalue weighted by Gasteiger charge is -2.13. The minimum Gasteiger partial charge on any atom is -0.457 e. The van der Waals surface area contributed by atoms with Gasteiger partial charge in [-0.25, -0.2) is 0 Å². The van der Waals surface area contributed by atoms with Crippen molar-refractivity contribution < 1.29 is 9.53 Å². The molecule has 0 aliphatic heterocycles. The molecule has 0 atom stereocenters. The number of thiophene rings is 1. The number of carbonyl (C=O) groups is 1. The molecule has 4 aromatic rings. The summed E-state index contributed by atoms with van der Waals surface area (Å²) < 4.78 is 7.54. The van der Waals surface area contributed by atoms with Gasteiger partial charge in [0.05, 0.1) is 5.69 Å². The van der Waals surface area contributed by atoms with Crippen LogP contribution < -0.4 is 10.1 Å². The maximum absolute atomic E-state index is 12.7. The molecular weight excluding hydrogens is 374 g/mol. The van der Waals surface area contributed by atoms with Gasteiger partial charge in [-0.05, 0) is 46.5 Å². The van der Waals surface area contributed by atoms with Crippen LogP contribution in [-0.4, -0.2) is 26.1 Å². The number of aromatic nitrogens is 4. The van der Waals surface area contributed by atoms with Gasteiger partial charge < -0.3 is 10.1 Å². The number of carbonyl (C=O) groups excluding carboxylic acids is 1. The summed E-state index contributed by atoms with van der Waals surface area (Å²) in [5, 5.41) is 15.9. The third-order valence-corrected chi connectivity index (χ3v) is 5.07. The Morgan fingerprint density at radius 3 is 2.68 bits per heavy atom. The predicted octanol–water partition coefficient (Wildman–Crippen LogP) is 3.75. The Kier molecular flexibility index (Phi) is 5.11. The van der Waals surface area contributed by atoms with Crippen molar-refractivity contribution >= 4 is 17.2 Å². The van der Waals surface area contributed by atoms with E-state index in [1.165, 1.54) is 22.3 Å². The van der Waals surface area contributed by atoms with E-state index in [0.29, 0.717) is 22.9 Å². The van der Waals surface area contributed by atoms with Crippen LogP contribution in [0.1, 0.15) is 20.8 Å². The van der Waals surface area contributed by atoms with E-state index in [1.54, 1.807) is 0 Å². The topological polar surface area (TPSA) is 81.9 Å². The fourth-order valence-corrected chi connectivity index (χ4v) is 3.51. The van der Waals surface area contributed by atoms with E-state index in [-0.39, 0.29) is 5.91 Å². The van der Waals surface area contributed by atoms with Gasteiger partial charge in [-0.15, -0.1) is 16.4 Å². The SMILES string of the molecule is Cc1ccccc1Oc1ccccc1CNC(=O)c1sccc1-n1cnnn1. The Labute approximate surface area is 165 Å². The van der Waals surface area contributed by atoms with E-state index in [2.05, 4.69) is 20.8 Å². The van der Waals surface area contributed by atoms with Crippen LogP contribution in [0, 0.1) is 6.92 Å². The van der Waals surface area contributed by atoms with Crippen molar-refractivity contribution in [2.75, 3.05) is 0 Å². The number of nitrogens with one attached hydrogen (secondary N) is 1. The summed E-state index contributed by atoms with van der Waals surface area (Å²) in [4.78, 5) is 13.2. The normalized spacial score (nSPS) is 10.6. The lowest BCUT2D eigenvalue weighted by Crippen LogP contribution is -2.23. The zero-order valence-corrected chi connectivity index (χ0v) is 15.9. The average molecular weight is 391 g/mol. The quantitative estimate of drug-likeness (QED) is 0.541. The van der Waals surface area contributed by atoms with E-state index in [1.807, 2.05) is 66.9 Å². The van der Waals surface area contributed by atoms with Crippen LogP contribution in [0.2, 0.25) is 0 Å². The fraction of sp³-hybridized carbons (Fsp3) is 0.100. The third kappa shape index (κ3) is 3.77. The smallest absolute Gasteiger partial charge is 0.263 e. The summed E-state index contributed by atoms with van der Waals surface area (Å²) in [5.74, 6) is 1.32. The molecule has 0 unspecified atom stereocenters. The molecule has 0 radical (unpaired) electrons. The number of para-hydroxylation sites is 2. The van der Waals surface area contributed by atoms with Gasteiger partial charge >= 0.3 is 0 Å². The molecule has 0 aliphatic rings. The third-order valence-electron chi connectivity index (χ3n) is 4.17. The van der Waals surface area contributed by atoms with Gasteiger partial charge in [-0.2, -0.15) is 4.68 Å². The molecule has 4 rings (SSSR count). The Morgan fingerprint density at radius 1 is 1.11 bits per heavy atom. The lowest BCUT2D eigenvalue weighted by atomic mass is 10.2. The van der Waals surface area contributed by atoms with Crippen molar-refractivity contribution in [2.45, 2.75) is 13.5 Å². The van der Waals surface area contributed by atoms with Crippen molar-refractivity contribution in [1.82, 2.24) is 25.5 Å². The Bertz CT molecular complexity index is 1090. The van der Waals surface area contributed by atoms with E-state index in [4.69, 9.17) is 4.74 Å². The first-order valence-electron chi connectivity index (χ1n) is 8.63. The van der Waals surface area contributed by atoms with Crippen molar-refractivity contribution in [1.29, 1.82) is 0 Å². The van der Waals surface area contributed by atoms with Crippen LogP contribution >= 0.6 is 11.3 Å². The Balaban J connectivity index is 1.50. The lowest BCUT2D eigenvalue weighted by molar-refractivity contribution is 0.0954. The van der Waals surface area contributed by atoms with Gasteiger partial charge in [0.2, 0.25) is 0 Å². The van der Waals surface area contributed by atoms with Gasteiger partial charge in [0.15, 0.2) is 0 Å². The van der Waals surface area contributed by atoms with Crippen LogP contribution in [0.4, 0.5) is 0 Å². The second-order valence-corrected chi connectivity index (χ2v) is 6.96. The molecule has 1 amide bonds. The highest BCUT2D eigenvalue weighted by Crippen LogP contribution is 2.28. The van der Waals surface area contributed by atoms with Gasteiger partial charge in [0, 0.05) is 12.1 Å². The van der Waals surface area contributed by atoms with Crippen LogP contribution in [0.3, 0.4) is 0 Å². The zero-order valence-electron chi connectivity index (χ0n) is 15.1. The van der Waals surface area contributed by atoms with Crippen molar-refractivity contribution in [3.05, 3.63) is 82.3 Å². The number of aryl methyl sites for hydroxylation is 1. The molecule has 28 heavy (non-hydrogen) atoms. The molecule has 140 valence electrons. The van der Waals surface area contributed by atoms with E-state index >= 15 is 0 Å². The molecule has 0 bridgehead atoms. The minimum atomic E-state index is -0.189. The standard InChI is InChI=1S/C20H17N5O2S/c1-14-6-2-4-8-17(14)27-18-9-5-3-7-15(18)12-21-20(26)19-16(10-11-28-19)25-13-22-23-24-25/h2-11,13H,12H2,1H3,(H,21,26). The number of ether oxygens (including phenoxy) is 1. The number of nitrogens with zero attached hydrogens (tertiary/aromatic N) is 4. The number of amides is 1. The summed E-state index contributed by atoms with van der Waals surface area (Å²) in [6.45, 7) is 2.34. The number of hydrogen-bond donors (Lipinski definition) is 1. The highest BCUT2D eigenvalue weighted by molar-refractivity contribution is 7.12. The maximum atomic E-state index is 12.7. The van der Waals surface area contributed by atoms with Gasteiger partial charge in [-0.1, -0.05) is 36.4 Å². The van der Waals surface area contributed by atoms with Crippen molar-refractivity contribution in [2.24, 2.45) is 0 Å². The first kappa shape index (κ1) is 17.9. The maximum Gasteiger partial charge on any atom is 0.263 e. The number of rotatable bonds is 6. The monoisotopic (exact) mass is 391 g/mol. The molecule has 1 N–H and O–H groups in total. The minimum absolute atomic E-state index is 0.189. The summed E-state index contributed by atoms with van der Waals surface area (Å²) in [7, 11) is 0. The highest BCUT2D eigenvalue weighted by Gasteiger charge is 2.16. The van der Waals surface area contributed by atoms with Gasteiger partial charge in [0.1, 0.15) is 22.7 Å². The Hall–Kier alpha value is -3.52. The van der Waals surface area contributed by atoms with E-state index < -0.39 is 0 Å². The highest BCUT2D eigenvalue weighted by atomic mass is 32.1. The molecule has 0 aliphatic carbocycles. The molecule has 0 fully saturated rings. The molecule has 2 aromatic carbocycles. The molecular formula is C20H17N5O2S. The zero-order chi connectivity index (χ0) is 19.3. The molecule has 8 heteroatoms. The molecule has 0 saturated heterocycles. The number of hydrogen-bond acceptors (Lipinski definition) is 6. The predicted molar refractivity (Wildman–Crippen MR) is 106 cm³/mol. The molecule has 0 saturated carbocycles. The van der Waals surface area contributed by atoms with Gasteiger partial charge in [-0.3, -0.25) is 4.79 Å². The van der Waals surface area contributed by atoms with E-state index in [9.17, 15) is 4.79 Å². The number of tetrazole rings is 1. The first-order chi connectivity index (χ1) is 13.7. The number of benzene rings is 2. The summed E-state index contributed by atoms with van der Waals surface area (Å²) in [6, 6.07) is 17.3. The molecule has 2 aromatic heterocycles. The van der Waals surface area contributed by atoms with Crippen LogP contribution in [-0.2, 0) is 6.54 Å². The van der Waals surface area contributed by atoms with E-state index in [0.717, 1.165) is 16.9 Å². The second kappa shape index (κ2) is 8.01. The van der Waals surface area contributed by atoms with Crippen LogP contribution in [0.5, 0.6) is 11.5 Å². The van der Waals surface area contributed by atoms with Crippen LogP contribution in [0.15, 0.2) is 66.3 Å². The average Bonchev–Trinajstić information content (AvgIpc) is 3.40. The molecule has 2 heterocycles. The van der Waals surface area contributed by atoms with Crippen molar-refractivity contribution in [3.8, 4) is 17.2 Å². The molecule has 7 nitrogen and oxygen atoms in total. The summed E-state index contributed by atoms with van der Waals surface area (Å²) in [5.41, 5.74) is 2.59. The largest absolute Gasteiger partial charge is 0.457 e. The second-order valence-electron chi connectivity index (χ2n) is 6.05. The van der Waals surface area contributed by atoms with Gasteiger partial charge in [0.25, 0.3) is 5.91 Å². The Morgan fingerprint density at radius 2 is 1.89 bits per heavy atom. The summed E-state index contributed by atoms with van der Waals surface area (Å²) >= 11 is 1.34.